The zero-order chi connectivity index (χ0) is 24.6. The van der Waals surface area contributed by atoms with Gasteiger partial charge in [0.15, 0.2) is 0 Å². The maximum atomic E-state index is 12.5. The van der Waals surface area contributed by atoms with Crippen LogP contribution in [-0.2, 0) is 11.3 Å². The van der Waals surface area contributed by atoms with Crippen LogP contribution in [0.15, 0.2) is 85.1 Å². The smallest absolute Gasteiger partial charge is 0.228 e. The Balaban J connectivity index is 1.43. The SMILES string of the molecule is COc1ccccc1/C=C(\C#N)c1ccc(-c2cn(CCC(=O)N(C)c3ccccc3)nn2)cc1. The highest BCUT2D eigenvalue weighted by atomic mass is 16.5. The van der Waals surface area contributed by atoms with E-state index in [2.05, 4.69) is 16.4 Å². The molecule has 0 atom stereocenters. The van der Waals surface area contributed by atoms with Crippen LogP contribution in [-0.4, -0.2) is 35.1 Å². The second-order valence-corrected chi connectivity index (χ2v) is 7.89. The predicted molar refractivity (Wildman–Crippen MR) is 136 cm³/mol. The number of ether oxygens (including phenoxy) is 1. The van der Waals surface area contributed by atoms with Crippen molar-refractivity contribution in [3.8, 4) is 23.1 Å². The van der Waals surface area contributed by atoms with Crippen LogP contribution in [0.25, 0.3) is 22.9 Å². The molecular weight excluding hydrogens is 438 g/mol. The number of aryl methyl sites for hydroxylation is 1. The second-order valence-electron chi connectivity index (χ2n) is 7.89. The second kappa shape index (κ2) is 10.9. The molecule has 0 saturated heterocycles. The van der Waals surface area contributed by atoms with Crippen molar-refractivity contribution in [2.75, 3.05) is 19.1 Å². The first kappa shape index (κ1) is 23.5. The number of amides is 1. The number of benzene rings is 3. The third-order valence-electron chi connectivity index (χ3n) is 5.66. The molecule has 1 heterocycles. The molecule has 1 amide bonds. The maximum Gasteiger partial charge on any atom is 0.228 e. The van der Waals surface area contributed by atoms with E-state index >= 15 is 0 Å². The molecular formula is C28H25N5O2. The van der Waals surface area contributed by atoms with Crippen LogP contribution in [0.5, 0.6) is 5.75 Å². The first-order valence-electron chi connectivity index (χ1n) is 11.2. The molecule has 1 aromatic heterocycles. The Morgan fingerprint density at radius 2 is 1.77 bits per heavy atom. The molecule has 4 rings (SSSR count). The minimum atomic E-state index is 0.00321. The fourth-order valence-electron chi connectivity index (χ4n) is 3.66. The molecule has 174 valence electrons. The van der Waals surface area contributed by atoms with Crippen molar-refractivity contribution in [1.82, 2.24) is 15.0 Å². The molecule has 0 unspecified atom stereocenters. The highest BCUT2D eigenvalue weighted by molar-refractivity contribution is 5.92. The van der Waals surface area contributed by atoms with E-state index in [9.17, 15) is 10.1 Å². The minimum absolute atomic E-state index is 0.00321. The average molecular weight is 464 g/mol. The van der Waals surface area contributed by atoms with Gasteiger partial charge in [0, 0.05) is 30.3 Å². The summed E-state index contributed by atoms with van der Waals surface area (Å²) in [5.74, 6) is 0.713. The van der Waals surface area contributed by atoms with Crippen molar-refractivity contribution in [3.63, 3.8) is 0 Å². The molecule has 35 heavy (non-hydrogen) atoms. The van der Waals surface area contributed by atoms with E-state index < -0.39 is 0 Å². The molecule has 3 aromatic carbocycles. The van der Waals surface area contributed by atoms with Gasteiger partial charge in [-0.2, -0.15) is 5.26 Å². The normalized spacial score (nSPS) is 11.1. The van der Waals surface area contributed by atoms with Gasteiger partial charge in [0.05, 0.1) is 31.5 Å². The zero-order valence-corrected chi connectivity index (χ0v) is 19.6. The third kappa shape index (κ3) is 5.63. The van der Waals surface area contributed by atoms with Crippen molar-refractivity contribution in [2.45, 2.75) is 13.0 Å². The van der Waals surface area contributed by atoms with Crippen LogP contribution < -0.4 is 9.64 Å². The van der Waals surface area contributed by atoms with Crippen molar-refractivity contribution < 1.29 is 9.53 Å². The van der Waals surface area contributed by atoms with Crippen molar-refractivity contribution in [2.24, 2.45) is 0 Å². The number of rotatable bonds is 8. The number of nitrogens with zero attached hydrogens (tertiary/aromatic N) is 5. The standard InChI is InChI=1S/C28H25N5O2/c1-32(25-9-4-3-5-10-25)28(34)16-17-33-20-26(30-31-33)22-14-12-21(13-15-22)24(19-29)18-23-8-6-7-11-27(23)35-2/h3-15,18,20H,16-17H2,1-2H3/b24-18+. The maximum absolute atomic E-state index is 12.5. The Hall–Kier alpha value is -4.70. The lowest BCUT2D eigenvalue weighted by Crippen LogP contribution is -2.27. The minimum Gasteiger partial charge on any atom is -0.496 e. The van der Waals surface area contributed by atoms with E-state index in [-0.39, 0.29) is 5.91 Å². The summed E-state index contributed by atoms with van der Waals surface area (Å²) in [5.41, 5.74) is 4.60. The average Bonchev–Trinajstić information content (AvgIpc) is 3.40. The number of methoxy groups -OCH3 is 1. The van der Waals surface area contributed by atoms with Crippen LogP contribution in [0.4, 0.5) is 5.69 Å². The molecule has 0 N–H and O–H groups in total. The van der Waals surface area contributed by atoms with Crippen LogP contribution in [0, 0.1) is 11.3 Å². The summed E-state index contributed by atoms with van der Waals surface area (Å²) in [6, 6.07) is 27.0. The van der Waals surface area contributed by atoms with Crippen LogP contribution in [0.1, 0.15) is 17.5 Å². The summed E-state index contributed by atoms with van der Waals surface area (Å²) in [4.78, 5) is 14.2. The number of hydrogen-bond acceptors (Lipinski definition) is 5. The number of carbonyl (C=O) groups is 1. The highest BCUT2D eigenvalue weighted by Gasteiger charge is 2.12. The lowest BCUT2D eigenvalue weighted by atomic mass is 10.0. The van der Waals surface area contributed by atoms with E-state index in [4.69, 9.17) is 4.74 Å². The molecule has 0 aliphatic rings. The Labute approximate surface area is 204 Å². The Morgan fingerprint density at radius 1 is 1.06 bits per heavy atom. The fourth-order valence-corrected chi connectivity index (χ4v) is 3.66. The number of para-hydroxylation sites is 2. The van der Waals surface area contributed by atoms with E-state index in [1.54, 1.807) is 23.7 Å². The van der Waals surface area contributed by atoms with Gasteiger partial charge >= 0.3 is 0 Å². The molecule has 0 radical (unpaired) electrons. The molecule has 4 aromatic rings. The topological polar surface area (TPSA) is 84.0 Å². The number of aromatic nitrogens is 3. The predicted octanol–water partition coefficient (Wildman–Crippen LogP) is 5.07. The number of nitriles is 1. The van der Waals surface area contributed by atoms with Gasteiger partial charge in [0.1, 0.15) is 11.4 Å². The van der Waals surface area contributed by atoms with Gasteiger partial charge in [-0.05, 0) is 29.8 Å². The highest BCUT2D eigenvalue weighted by Crippen LogP contribution is 2.26. The lowest BCUT2D eigenvalue weighted by Gasteiger charge is -2.16. The van der Waals surface area contributed by atoms with Crippen molar-refractivity contribution in [3.05, 3.63) is 96.2 Å². The Bertz CT molecular complexity index is 1370. The van der Waals surface area contributed by atoms with Crippen LogP contribution >= 0.6 is 0 Å². The van der Waals surface area contributed by atoms with Gasteiger partial charge in [-0.25, -0.2) is 0 Å². The monoisotopic (exact) mass is 463 g/mol. The Morgan fingerprint density at radius 3 is 2.49 bits per heavy atom. The summed E-state index contributed by atoms with van der Waals surface area (Å²) in [6.45, 7) is 0.432. The molecule has 0 aliphatic carbocycles. The van der Waals surface area contributed by atoms with E-state index in [0.717, 1.165) is 22.4 Å². The number of allylic oxidation sites excluding steroid dienone is 1. The molecule has 0 bridgehead atoms. The first-order valence-corrected chi connectivity index (χ1v) is 11.2. The number of anilines is 1. The van der Waals surface area contributed by atoms with Crippen LogP contribution in [0.3, 0.4) is 0 Å². The van der Waals surface area contributed by atoms with E-state index in [0.29, 0.717) is 30.0 Å². The summed E-state index contributed by atoms with van der Waals surface area (Å²) < 4.78 is 7.05. The van der Waals surface area contributed by atoms with E-state index in [1.165, 1.54) is 0 Å². The van der Waals surface area contributed by atoms with Gasteiger partial charge in [-0.3, -0.25) is 9.48 Å². The number of carbonyl (C=O) groups excluding carboxylic acids is 1. The van der Waals surface area contributed by atoms with Crippen molar-refractivity contribution >= 4 is 23.2 Å². The first-order chi connectivity index (χ1) is 17.1. The summed E-state index contributed by atoms with van der Waals surface area (Å²) >= 11 is 0. The van der Waals surface area contributed by atoms with Gasteiger partial charge in [-0.1, -0.05) is 65.9 Å². The Kier molecular flexibility index (Phi) is 7.34. The number of hydrogen-bond donors (Lipinski definition) is 0. The zero-order valence-electron chi connectivity index (χ0n) is 19.6. The van der Waals surface area contributed by atoms with Crippen LogP contribution in [0.2, 0.25) is 0 Å². The van der Waals surface area contributed by atoms with Gasteiger partial charge in [-0.15, -0.1) is 5.10 Å². The van der Waals surface area contributed by atoms with Gasteiger partial charge in [0.25, 0.3) is 0 Å². The molecule has 7 nitrogen and oxygen atoms in total. The van der Waals surface area contributed by atoms with Crippen molar-refractivity contribution in [1.29, 1.82) is 5.26 Å². The summed E-state index contributed by atoms with van der Waals surface area (Å²) in [5, 5.41) is 18.1. The third-order valence-corrected chi connectivity index (χ3v) is 5.66. The molecule has 0 saturated carbocycles. The van der Waals surface area contributed by atoms with Gasteiger partial charge < -0.3 is 9.64 Å². The summed E-state index contributed by atoms with van der Waals surface area (Å²) in [6.07, 6.45) is 3.95. The summed E-state index contributed by atoms with van der Waals surface area (Å²) in [7, 11) is 3.38. The largest absolute Gasteiger partial charge is 0.496 e. The molecule has 0 aliphatic heterocycles. The molecule has 0 fully saturated rings. The van der Waals surface area contributed by atoms with E-state index in [1.807, 2.05) is 91.1 Å². The van der Waals surface area contributed by atoms with Gasteiger partial charge in [0.2, 0.25) is 5.91 Å². The molecule has 7 heteroatoms. The fraction of sp³-hybridized carbons (Fsp3) is 0.143. The quantitative estimate of drug-likeness (QED) is 0.269. The lowest BCUT2D eigenvalue weighted by molar-refractivity contribution is -0.118. The molecule has 0 spiro atoms.